The molecule has 0 radical (unpaired) electrons. The molecule has 0 aromatic heterocycles. The van der Waals surface area contributed by atoms with E-state index in [0.29, 0.717) is 24.1 Å². The summed E-state index contributed by atoms with van der Waals surface area (Å²) in [4.78, 5) is 0. The van der Waals surface area contributed by atoms with Crippen molar-refractivity contribution in [3.8, 4) is 0 Å². The second-order valence-corrected chi connectivity index (χ2v) is 3.37. The average Bonchev–Trinajstić information content (AvgIpc) is 2.17. The lowest BCUT2D eigenvalue weighted by Gasteiger charge is -2.24. The molecule has 0 amide bonds. The van der Waals surface area contributed by atoms with Gasteiger partial charge in [-0.25, -0.2) is 8.78 Å². The molecule has 2 rings (SSSR count). The van der Waals surface area contributed by atoms with E-state index in [0.717, 1.165) is 6.07 Å². The second kappa shape index (κ2) is 3.50. The normalized spacial score (nSPS) is 20.3. The van der Waals surface area contributed by atoms with Gasteiger partial charge in [-0.1, -0.05) is 6.08 Å². The molecule has 0 bridgehead atoms. The Balaban J connectivity index is 2.56. The highest BCUT2D eigenvalue weighted by atomic mass is 19.1. The van der Waals surface area contributed by atoms with Crippen LogP contribution in [0.4, 0.5) is 8.78 Å². The molecule has 0 aliphatic carbocycles. The van der Waals surface area contributed by atoms with Gasteiger partial charge in [0, 0.05) is 12.6 Å². The highest BCUT2D eigenvalue weighted by Crippen LogP contribution is 2.26. The molecule has 0 saturated heterocycles. The van der Waals surface area contributed by atoms with Gasteiger partial charge in [0.25, 0.3) is 0 Å². The van der Waals surface area contributed by atoms with Crippen LogP contribution in [0.2, 0.25) is 0 Å². The summed E-state index contributed by atoms with van der Waals surface area (Å²) in [6.45, 7) is 4.34. The molecule has 74 valence electrons. The van der Waals surface area contributed by atoms with E-state index in [4.69, 9.17) is 0 Å². The lowest BCUT2D eigenvalue weighted by molar-refractivity contribution is 0.520. The summed E-state index contributed by atoms with van der Waals surface area (Å²) < 4.78 is 26.3. The van der Waals surface area contributed by atoms with Crippen molar-refractivity contribution in [2.45, 2.75) is 12.5 Å². The summed E-state index contributed by atoms with van der Waals surface area (Å²) in [6.07, 6.45) is 2.27. The van der Waals surface area contributed by atoms with E-state index in [1.165, 1.54) is 6.07 Å². The average molecular weight is 195 g/mol. The maximum atomic E-state index is 13.3. The summed E-state index contributed by atoms with van der Waals surface area (Å²) >= 11 is 0. The first-order valence-corrected chi connectivity index (χ1v) is 4.56. The molecule has 14 heavy (non-hydrogen) atoms. The Morgan fingerprint density at radius 1 is 1.43 bits per heavy atom. The zero-order chi connectivity index (χ0) is 10.1. The number of hydrogen-bond donors (Lipinski definition) is 1. The van der Waals surface area contributed by atoms with Crippen LogP contribution in [0, 0.1) is 11.6 Å². The van der Waals surface area contributed by atoms with Crippen molar-refractivity contribution in [2.75, 3.05) is 6.54 Å². The van der Waals surface area contributed by atoms with Crippen LogP contribution in [0.15, 0.2) is 24.8 Å². The van der Waals surface area contributed by atoms with E-state index in [2.05, 4.69) is 11.9 Å². The van der Waals surface area contributed by atoms with Gasteiger partial charge in [-0.3, -0.25) is 0 Å². The SMILES string of the molecule is C=CC1NCCc2c(F)cc(F)cc21. The van der Waals surface area contributed by atoms with Crippen molar-refractivity contribution in [1.29, 1.82) is 0 Å². The molecule has 3 heteroatoms. The Morgan fingerprint density at radius 2 is 2.21 bits per heavy atom. The van der Waals surface area contributed by atoms with Crippen molar-refractivity contribution in [3.05, 3.63) is 47.5 Å². The number of hydrogen-bond acceptors (Lipinski definition) is 1. The number of rotatable bonds is 1. The molecule has 1 unspecified atom stereocenters. The molecule has 1 aliphatic heterocycles. The topological polar surface area (TPSA) is 12.0 Å². The summed E-state index contributed by atoms with van der Waals surface area (Å²) in [5, 5.41) is 3.13. The largest absolute Gasteiger partial charge is 0.306 e. The molecule has 1 heterocycles. The van der Waals surface area contributed by atoms with Gasteiger partial charge >= 0.3 is 0 Å². The van der Waals surface area contributed by atoms with Gasteiger partial charge in [-0.15, -0.1) is 6.58 Å². The van der Waals surface area contributed by atoms with E-state index >= 15 is 0 Å². The second-order valence-electron chi connectivity index (χ2n) is 3.37. The molecular formula is C11H11F2N. The van der Waals surface area contributed by atoms with E-state index in [1.54, 1.807) is 6.08 Å². The quantitative estimate of drug-likeness (QED) is 0.678. The first-order chi connectivity index (χ1) is 6.72. The zero-order valence-electron chi connectivity index (χ0n) is 7.69. The Bertz CT molecular complexity index is 374. The lowest BCUT2D eigenvalue weighted by Crippen LogP contribution is -2.29. The Labute approximate surface area is 81.4 Å². The highest BCUT2D eigenvalue weighted by Gasteiger charge is 2.20. The van der Waals surface area contributed by atoms with Crippen molar-refractivity contribution in [3.63, 3.8) is 0 Å². The monoisotopic (exact) mass is 195 g/mol. The summed E-state index contributed by atoms with van der Waals surface area (Å²) in [5.74, 6) is -0.981. The van der Waals surface area contributed by atoms with Gasteiger partial charge in [-0.05, 0) is 23.6 Å². The number of benzene rings is 1. The fourth-order valence-corrected chi connectivity index (χ4v) is 1.84. The molecular weight excluding hydrogens is 184 g/mol. The molecule has 1 nitrogen and oxygen atoms in total. The Kier molecular flexibility index (Phi) is 2.33. The Morgan fingerprint density at radius 3 is 2.93 bits per heavy atom. The van der Waals surface area contributed by atoms with Crippen molar-refractivity contribution >= 4 is 0 Å². The third-order valence-electron chi connectivity index (χ3n) is 2.50. The number of halogens is 2. The summed E-state index contributed by atoms with van der Waals surface area (Å²) in [6, 6.07) is 2.17. The van der Waals surface area contributed by atoms with Gasteiger partial charge in [0.05, 0.1) is 6.04 Å². The van der Waals surface area contributed by atoms with E-state index in [-0.39, 0.29) is 6.04 Å². The van der Waals surface area contributed by atoms with Gasteiger partial charge in [0.2, 0.25) is 0 Å². The molecule has 1 aromatic rings. The fraction of sp³-hybridized carbons (Fsp3) is 0.273. The van der Waals surface area contributed by atoms with Crippen LogP contribution in [0.25, 0.3) is 0 Å². The summed E-state index contributed by atoms with van der Waals surface area (Å²) in [7, 11) is 0. The van der Waals surface area contributed by atoms with Crippen molar-refractivity contribution < 1.29 is 8.78 Å². The molecule has 0 fully saturated rings. The molecule has 1 aliphatic rings. The van der Waals surface area contributed by atoms with Crippen LogP contribution in [0.5, 0.6) is 0 Å². The number of fused-ring (bicyclic) bond motifs is 1. The zero-order valence-corrected chi connectivity index (χ0v) is 7.69. The minimum absolute atomic E-state index is 0.135. The van der Waals surface area contributed by atoms with E-state index < -0.39 is 11.6 Å². The standard InChI is InChI=1S/C11H11F2N/c1-2-11-9-5-7(12)6-10(13)8(9)3-4-14-11/h2,5-6,11,14H,1,3-4H2. The lowest BCUT2D eigenvalue weighted by atomic mass is 9.94. The van der Waals surface area contributed by atoms with Gasteiger partial charge in [-0.2, -0.15) is 0 Å². The predicted octanol–water partition coefficient (Wildman–Crippen LogP) is 2.34. The maximum absolute atomic E-state index is 13.3. The van der Waals surface area contributed by atoms with Crippen LogP contribution in [0.1, 0.15) is 17.2 Å². The van der Waals surface area contributed by atoms with Crippen molar-refractivity contribution in [2.24, 2.45) is 0 Å². The molecule has 1 N–H and O–H groups in total. The molecule has 0 spiro atoms. The maximum Gasteiger partial charge on any atom is 0.129 e. The van der Waals surface area contributed by atoms with Crippen LogP contribution in [-0.2, 0) is 6.42 Å². The smallest absolute Gasteiger partial charge is 0.129 e. The first kappa shape index (κ1) is 9.34. The minimum atomic E-state index is -0.531. The van der Waals surface area contributed by atoms with Crippen LogP contribution in [-0.4, -0.2) is 6.54 Å². The van der Waals surface area contributed by atoms with E-state index in [9.17, 15) is 8.78 Å². The fourth-order valence-electron chi connectivity index (χ4n) is 1.84. The number of nitrogens with one attached hydrogen (secondary N) is 1. The molecule has 1 aromatic carbocycles. The van der Waals surface area contributed by atoms with Crippen LogP contribution in [0.3, 0.4) is 0 Å². The molecule has 1 atom stereocenters. The highest BCUT2D eigenvalue weighted by molar-refractivity contribution is 5.36. The third kappa shape index (κ3) is 1.44. The van der Waals surface area contributed by atoms with Gasteiger partial charge in [0.1, 0.15) is 11.6 Å². The van der Waals surface area contributed by atoms with Crippen molar-refractivity contribution in [1.82, 2.24) is 5.32 Å². The minimum Gasteiger partial charge on any atom is -0.306 e. The predicted molar refractivity (Wildman–Crippen MR) is 51.0 cm³/mol. The summed E-state index contributed by atoms with van der Waals surface area (Å²) in [5.41, 5.74) is 1.28. The van der Waals surface area contributed by atoms with Gasteiger partial charge in [0.15, 0.2) is 0 Å². The van der Waals surface area contributed by atoms with Crippen LogP contribution >= 0.6 is 0 Å². The third-order valence-corrected chi connectivity index (χ3v) is 2.50. The van der Waals surface area contributed by atoms with Crippen LogP contribution < -0.4 is 5.32 Å². The Hall–Kier alpha value is -1.22. The van der Waals surface area contributed by atoms with Gasteiger partial charge < -0.3 is 5.32 Å². The van der Waals surface area contributed by atoms with E-state index in [1.807, 2.05) is 0 Å². The molecule has 0 saturated carbocycles. The first-order valence-electron chi connectivity index (χ1n) is 4.56.